The van der Waals surface area contributed by atoms with Crippen LogP contribution in [0.5, 0.6) is 0 Å². The number of anilines is 1. The van der Waals surface area contributed by atoms with Gasteiger partial charge in [0.25, 0.3) is 8.32 Å². The van der Waals surface area contributed by atoms with Gasteiger partial charge in [-0.3, -0.25) is 0 Å². The third-order valence-electron chi connectivity index (χ3n) is 10.1. The molecular weight excluding hydrogens is 637 g/mol. The summed E-state index contributed by atoms with van der Waals surface area (Å²) in [6.45, 7) is 14.7. The molecule has 5 N–H and O–H groups in total. The summed E-state index contributed by atoms with van der Waals surface area (Å²) in [6, 6.07) is 24.6. The molecule has 0 aliphatic heterocycles. The molecule has 0 radical (unpaired) electrons. The Labute approximate surface area is 290 Å². The van der Waals surface area contributed by atoms with E-state index >= 15 is 0 Å². The molecule has 6 atom stereocenters. The van der Waals surface area contributed by atoms with E-state index in [9.17, 15) is 20.5 Å². The smallest absolute Gasteiger partial charge is 0.409 e. The number of nitrogens with two attached hydrogens (primary N) is 1. The number of allylic oxidation sites excluding steroid dienone is 1. The summed E-state index contributed by atoms with van der Waals surface area (Å²) in [7, 11) is -0.240. The minimum atomic E-state index is -3.27. The number of benzene rings is 3. The number of amides is 1. The number of carbonyl (C=O) groups is 1. The molecule has 1 amide bonds. The van der Waals surface area contributed by atoms with E-state index < -0.39 is 61.0 Å². The first kappa shape index (κ1) is 37.7. The highest BCUT2D eigenvalue weighted by Crippen LogP contribution is 2.51. The van der Waals surface area contributed by atoms with Crippen molar-refractivity contribution in [2.45, 2.75) is 81.5 Å². The zero-order chi connectivity index (χ0) is 36.4. The lowest BCUT2D eigenvalue weighted by atomic mass is 9.74. The maximum absolute atomic E-state index is 13.1. The molecule has 0 aromatic heterocycles. The van der Waals surface area contributed by atoms with E-state index in [2.05, 4.69) is 42.7 Å². The van der Waals surface area contributed by atoms with Crippen LogP contribution in [0, 0.1) is 0 Å². The maximum atomic E-state index is 13.1. The van der Waals surface area contributed by atoms with Crippen LogP contribution in [0.4, 0.5) is 10.5 Å². The SMILES string of the molecule is C=C(C)c1cccc(N[C@H]2[C@H](N=[N+]=[N-])[C@@](N)([C@H](C)OC(=O)N(C)C)[C@@](C)(O)[C@@]2(O)CO[Si](c2ccccc2)(c2ccccc2)C(C)(C)C)c1. The van der Waals surface area contributed by atoms with E-state index in [-0.39, 0.29) is 0 Å². The van der Waals surface area contributed by atoms with Crippen LogP contribution in [0.3, 0.4) is 0 Å². The first-order chi connectivity index (χ1) is 22.9. The second-order valence-electron chi connectivity index (χ2n) is 14.4. The summed E-state index contributed by atoms with van der Waals surface area (Å²) in [5.74, 6) is 0. The average molecular weight is 687 g/mol. The van der Waals surface area contributed by atoms with Gasteiger partial charge in [-0.25, -0.2) is 4.79 Å². The molecule has 3 aromatic rings. The average Bonchev–Trinajstić information content (AvgIpc) is 3.17. The largest absolute Gasteiger partial charge is 0.444 e. The Balaban J connectivity index is 1.97. The highest BCUT2D eigenvalue weighted by Gasteiger charge is 2.75. The van der Waals surface area contributed by atoms with Gasteiger partial charge in [-0.1, -0.05) is 111 Å². The normalized spacial score (nSPS) is 25.9. The summed E-state index contributed by atoms with van der Waals surface area (Å²) in [5.41, 5.74) is 12.7. The Kier molecular flexibility index (Phi) is 10.7. The van der Waals surface area contributed by atoms with Crippen LogP contribution < -0.4 is 21.4 Å². The van der Waals surface area contributed by atoms with Crippen LogP contribution in [0.15, 0.2) is 96.6 Å². The Bertz CT molecular complexity index is 1650. The molecule has 0 unspecified atom stereocenters. The van der Waals surface area contributed by atoms with Gasteiger partial charge in [0.15, 0.2) is 0 Å². The molecule has 11 nitrogen and oxygen atoms in total. The lowest BCUT2D eigenvalue weighted by Crippen LogP contribution is -2.74. The maximum Gasteiger partial charge on any atom is 0.409 e. The molecule has 4 rings (SSSR count). The molecule has 0 saturated heterocycles. The van der Waals surface area contributed by atoms with Gasteiger partial charge in [-0.15, -0.1) is 0 Å². The number of ether oxygens (including phenoxy) is 1. The molecule has 0 bridgehead atoms. The number of rotatable bonds is 11. The van der Waals surface area contributed by atoms with Gasteiger partial charge in [0, 0.05) is 24.7 Å². The Morgan fingerprint density at radius 2 is 1.63 bits per heavy atom. The number of carbonyl (C=O) groups excluding carboxylic acids is 1. The van der Waals surface area contributed by atoms with Crippen molar-refractivity contribution in [2.24, 2.45) is 10.8 Å². The van der Waals surface area contributed by atoms with Crippen molar-refractivity contribution < 1.29 is 24.2 Å². The predicted molar refractivity (Wildman–Crippen MR) is 197 cm³/mol. The summed E-state index contributed by atoms with van der Waals surface area (Å²) in [4.78, 5) is 17.1. The molecule has 1 aliphatic carbocycles. The number of hydrogen-bond acceptors (Lipinski definition) is 8. The van der Waals surface area contributed by atoms with Gasteiger partial charge in [0.1, 0.15) is 17.3 Å². The van der Waals surface area contributed by atoms with Gasteiger partial charge < -0.3 is 35.3 Å². The van der Waals surface area contributed by atoms with E-state index in [0.29, 0.717) is 5.69 Å². The van der Waals surface area contributed by atoms with E-state index in [0.717, 1.165) is 21.5 Å². The fourth-order valence-electron chi connectivity index (χ4n) is 7.17. The first-order valence-electron chi connectivity index (χ1n) is 16.3. The minimum Gasteiger partial charge on any atom is -0.444 e. The predicted octanol–water partition coefficient (Wildman–Crippen LogP) is 5.04. The fourth-order valence-corrected chi connectivity index (χ4v) is 11.8. The van der Waals surface area contributed by atoms with Crippen LogP contribution in [0.2, 0.25) is 5.04 Å². The second kappa shape index (κ2) is 14.0. The zero-order valence-corrected chi connectivity index (χ0v) is 30.7. The van der Waals surface area contributed by atoms with Crippen molar-refractivity contribution in [1.82, 2.24) is 4.90 Å². The highest BCUT2D eigenvalue weighted by molar-refractivity contribution is 6.99. The van der Waals surface area contributed by atoms with Crippen LogP contribution in [0.1, 0.15) is 47.1 Å². The van der Waals surface area contributed by atoms with Gasteiger partial charge in [-0.2, -0.15) is 0 Å². The van der Waals surface area contributed by atoms with Crippen molar-refractivity contribution in [3.05, 3.63) is 108 Å². The van der Waals surface area contributed by atoms with Gasteiger partial charge in [0.2, 0.25) is 0 Å². The standard InChI is InChI=1S/C37H50N6O5Si/c1-25(2)27-17-16-18-28(23-27)40-31-32(41-42-39)37(38,26(3)48-33(44)43(8)9)35(7,45)36(31,46)24-47-49(34(4,5)6,29-19-12-10-13-20-29)30-21-14-11-15-22-30/h10-23,26,31-32,40,45-46H,1,24,38H2,2-9H3/t26-,31-,32-,35-,36+,37-/m0/s1. The van der Waals surface area contributed by atoms with Crippen molar-refractivity contribution in [3.63, 3.8) is 0 Å². The molecule has 1 saturated carbocycles. The molecule has 0 heterocycles. The minimum absolute atomic E-state index is 0.421. The van der Waals surface area contributed by atoms with Gasteiger partial charge >= 0.3 is 6.09 Å². The Morgan fingerprint density at radius 1 is 1.08 bits per heavy atom. The van der Waals surface area contributed by atoms with Crippen LogP contribution in [0.25, 0.3) is 16.0 Å². The number of aliphatic hydroxyl groups is 2. The summed E-state index contributed by atoms with van der Waals surface area (Å²) < 4.78 is 12.9. The molecular formula is C37H50N6O5Si. The third kappa shape index (κ3) is 6.48. The van der Waals surface area contributed by atoms with Crippen molar-refractivity contribution in [1.29, 1.82) is 0 Å². The molecule has 1 aliphatic rings. The second-order valence-corrected chi connectivity index (χ2v) is 18.7. The van der Waals surface area contributed by atoms with E-state index in [4.69, 9.17) is 14.9 Å². The Hall–Kier alpha value is -4.16. The third-order valence-corrected chi connectivity index (χ3v) is 15.1. The zero-order valence-electron chi connectivity index (χ0n) is 29.7. The molecule has 262 valence electrons. The number of hydrogen-bond donors (Lipinski definition) is 4. The van der Waals surface area contributed by atoms with Crippen LogP contribution in [-0.4, -0.2) is 85.2 Å². The summed E-state index contributed by atoms with van der Waals surface area (Å²) >= 11 is 0. The molecule has 0 spiro atoms. The molecule has 1 fully saturated rings. The number of azide groups is 1. The highest BCUT2D eigenvalue weighted by atomic mass is 28.4. The summed E-state index contributed by atoms with van der Waals surface area (Å²) in [6.07, 6.45) is -1.95. The number of nitrogens with one attached hydrogen (secondary N) is 1. The lowest BCUT2D eigenvalue weighted by molar-refractivity contribution is -0.178. The number of nitrogens with zero attached hydrogens (tertiary/aromatic N) is 4. The molecule has 3 aromatic carbocycles. The summed E-state index contributed by atoms with van der Waals surface area (Å²) in [5, 5.41) is 34.7. The lowest BCUT2D eigenvalue weighted by Gasteiger charge is -2.49. The van der Waals surface area contributed by atoms with Gasteiger partial charge in [0.05, 0.1) is 24.2 Å². The van der Waals surface area contributed by atoms with Crippen LogP contribution >= 0.6 is 0 Å². The van der Waals surface area contributed by atoms with Gasteiger partial charge in [-0.05, 0) is 59.4 Å². The first-order valence-corrected chi connectivity index (χ1v) is 18.2. The van der Waals surface area contributed by atoms with E-state index in [1.807, 2.05) is 85.8 Å². The fraction of sp³-hybridized carbons (Fsp3) is 0.432. The Morgan fingerprint density at radius 3 is 2.10 bits per heavy atom. The molecule has 49 heavy (non-hydrogen) atoms. The monoisotopic (exact) mass is 686 g/mol. The van der Waals surface area contributed by atoms with E-state index in [1.165, 1.54) is 32.8 Å². The van der Waals surface area contributed by atoms with Crippen LogP contribution in [-0.2, 0) is 9.16 Å². The quantitative estimate of drug-likeness (QED) is 0.0950. The molecule has 12 heteroatoms. The van der Waals surface area contributed by atoms with E-state index in [1.54, 1.807) is 6.07 Å². The van der Waals surface area contributed by atoms with Crippen molar-refractivity contribution in [3.8, 4) is 0 Å². The van der Waals surface area contributed by atoms with Crippen molar-refractivity contribution >= 4 is 36.0 Å². The topological polar surface area (TPSA) is 166 Å². The van der Waals surface area contributed by atoms with Crippen molar-refractivity contribution in [2.75, 3.05) is 26.0 Å².